The van der Waals surface area contributed by atoms with Gasteiger partial charge < -0.3 is 10.1 Å². The van der Waals surface area contributed by atoms with E-state index < -0.39 is 0 Å². The maximum atomic E-state index is 6.19. The van der Waals surface area contributed by atoms with Crippen molar-refractivity contribution >= 4 is 44.0 Å². The van der Waals surface area contributed by atoms with Crippen molar-refractivity contribution in [1.29, 1.82) is 0 Å². The number of anilines is 2. The van der Waals surface area contributed by atoms with E-state index in [1.807, 2.05) is 18.2 Å². The number of methoxy groups -OCH3 is 1. The molecule has 0 amide bonds. The molecule has 2 aromatic carbocycles. The first-order valence-electron chi connectivity index (χ1n) is 6.14. The minimum Gasteiger partial charge on any atom is -0.497 e. The molecule has 0 radical (unpaired) electrons. The van der Waals surface area contributed by atoms with Crippen molar-refractivity contribution in [2.24, 2.45) is 0 Å². The number of thiazole rings is 1. The first-order valence-corrected chi connectivity index (χ1v) is 7.33. The minimum absolute atomic E-state index is 0.641. The molecule has 0 aliphatic heterocycles. The second-order valence-corrected chi connectivity index (χ2v) is 5.85. The minimum atomic E-state index is 0.641. The lowest BCUT2D eigenvalue weighted by atomic mass is 10.2. The van der Waals surface area contributed by atoms with Crippen LogP contribution in [0.2, 0.25) is 5.02 Å². The summed E-state index contributed by atoms with van der Waals surface area (Å²) in [5, 5.41) is 4.72. The normalized spacial score (nSPS) is 10.8. The molecule has 1 N–H and O–H groups in total. The quantitative estimate of drug-likeness (QED) is 0.738. The van der Waals surface area contributed by atoms with Crippen LogP contribution in [-0.4, -0.2) is 12.1 Å². The summed E-state index contributed by atoms with van der Waals surface area (Å²) in [6.07, 6.45) is 0. The zero-order chi connectivity index (χ0) is 14.1. The molecule has 0 atom stereocenters. The van der Waals surface area contributed by atoms with Crippen LogP contribution in [-0.2, 0) is 0 Å². The number of hydrogen-bond acceptors (Lipinski definition) is 4. The Kier molecular flexibility index (Phi) is 3.51. The number of halogens is 1. The van der Waals surface area contributed by atoms with Gasteiger partial charge in [0, 0.05) is 6.07 Å². The molecular formula is C15H13ClN2OS. The molecule has 102 valence electrons. The molecule has 0 fully saturated rings. The molecule has 0 spiro atoms. The lowest BCUT2D eigenvalue weighted by molar-refractivity contribution is 0.415. The van der Waals surface area contributed by atoms with Gasteiger partial charge in [-0.25, -0.2) is 4.98 Å². The Morgan fingerprint density at radius 1 is 1.25 bits per heavy atom. The van der Waals surface area contributed by atoms with E-state index in [1.54, 1.807) is 24.5 Å². The van der Waals surface area contributed by atoms with Crippen molar-refractivity contribution in [1.82, 2.24) is 4.98 Å². The number of fused-ring (bicyclic) bond motifs is 1. The second kappa shape index (κ2) is 5.31. The van der Waals surface area contributed by atoms with Crippen LogP contribution in [0.1, 0.15) is 5.56 Å². The highest BCUT2D eigenvalue weighted by Crippen LogP contribution is 2.33. The fourth-order valence-electron chi connectivity index (χ4n) is 1.98. The number of para-hydroxylation sites is 1. The summed E-state index contributed by atoms with van der Waals surface area (Å²) >= 11 is 7.80. The number of nitrogens with one attached hydrogen (secondary N) is 1. The van der Waals surface area contributed by atoms with Gasteiger partial charge in [-0.3, -0.25) is 0 Å². The third-order valence-corrected chi connectivity index (χ3v) is 4.30. The maximum absolute atomic E-state index is 6.19. The van der Waals surface area contributed by atoms with Crippen LogP contribution in [0.15, 0.2) is 36.4 Å². The van der Waals surface area contributed by atoms with Gasteiger partial charge in [-0.05, 0) is 30.7 Å². The summed E-state index contributed by atoms with van der Waals surface area (Å²) in [6, 6.07) is 11.7. The Labute approximate surface area is 126 Å². The smallest absolute Gasteiger partial charge is 0.188 e. The number of aryl methyl sites for hydroxylation is 1. The standard InChI is InChI=1S/C15H13ClN2OS/c1-9-4-3-5-13-14(9)18-15(20-13)17-12-8-10(19-2)6-7-11(12)16/h3-8H,1-2H3,(H,17,18). The van der Waals surface area contributed by atoms with Crippen molar-refractivity contribution in [2.75, 3.05) is 12.4 Å². The van der Waals surface area contributed by atoms with E-state index in [4.69, 9.17) is 16.3 Å². The molecule has 0 bridgehead atoms. The van der Waals surface area contributed by atoms with E-state index in [0.717, 1.165) is 26.8 Å². The SMILES string of the molecule is COc1ccc(Cl)c(Nc2nc3c(C)cccc3s2)c1. The van der Waals surface area contributed by atoms with Crippen LogP contribution in [0.3, 0.4) is 0 Å². The highest BCUT2D eigenvalue weighted by atomic mass is 35.5. The van der Waals surface area contributed by atoms with E-state index >= 15 is 0 Å². The van der Waals surface area contributed by atoms with Crippen molar-refractivity contribution in [3.05, 3.63) is 47.0 Å². The molecular weight excluding hydrogens is 292 g/mol. The summed E-state index contributed by atoms with van der Waals surface area (Å²) in [4.78, 5) is 4.61. The van der Waals surface area contributed by atoms with Crippen LogP contribution < -0.4 is 10.1 Å². The Hall–Kier alpha value is -1.78. The molecule has 3 nitrogen and oxygen atoms in total. The first-order chi connectivity index (χ1) is 9.67. The Morgan fingerprint density at radius 2 is 2.10 bits per heavy atom. The largest absolute Gasteiger partial charge is 0.497 e. The van der Waals surface area contributed by atoms with Crippen molar-refractivity contribution in [3.8, 4) is 5.75 Å². The Morgan fingerprint density at radius 3 is 2.85 bits per heavy atom. The van der Waals surface area contributed by atoms with Gasteiger partial charge in [-0.15, -0.1) is 0 Å². The fourth-order valence-corrected chi connectivity index (χ4v) is 3.10. The molecule has 20 heavy (non-hydrogen) atoms. The van der Waals surface area contributed by atoms with Crippen LogP contribution in [0.4, 0.5) is 10.8 Å². The third-order valence-electron chi connectivity index (χ3n) is 3.04. The van der Waals surface area contributed by atoms with Gasteiger partial charge in [0.25, 0.3) is 0 Å². The van der Waals surface area contributed by atoms with Crippen LogP contribution in [0.25, 0.3) is 10.2 Å². The molecule has 5 heteroatoms. The number of hydrogen-bond donors (Lipinski definition) is 1. The van der Waals surface area contributed by atoms with Crippen molar-refractivity contribution < 1.29 is 4.74 Å². The summed E-state index contributed by atoms with van der Waals surface area (Å²) in [5.74, 6) is 0.759. The Balaban J connectivity index is 1.99. The molecule has 0 saturated carbocycles. The van der Waals surface area contributed by atoms with E-state index in [-0.39, 0.29) is 0 Å². The first kappa shape index (κ1) is 13.2. The zero-order valence-corrected chi connectivity index (χ0v) is 12.7. The second-order valence-electron chi connectivity index (χ2n) is 4.41. The monoisotopic (exact) mass is 304 g/mol. The molecule has 0 unspecified atom stereocenters. The lowest BCUT2D eigenvalue weighted by Gasteiger charge is -2.07. The van der Waals surface area contributed by atoms with E-state index in [2.05, 4.69) is 29.4 Å². The van der Waals surface area contributed by atoms with Crippen LogP contribution in [0.5, 0.6) is 5.75 Å². The third kappa shape index (κ3) is 2.44. The number of ether oxygens (including phenoxy) is 1. The van der Waals surface area contributed by atoms with Gasteiger partial charge in [-0.2, -0.15) is 0 Å². The van der Waals surface area contributed by atoms with Gasteiger partial charge in [-0.1, -0.05) is 35.1 Å². The van der Waals surface area contributed by atoms with Gasteiger partial charge in [0.15, 0.2) is 5.13 Å². The number of aromatic nitrogens is 1. The molecule has 1 aromatic heterocycles. The lowest BCUT2D eigenvalue weighted by Crippen LogP contribution is -1.92. The molecule has 0 aliphatic carbocycles. The maximum Gasteiger partial charge on any atom is 0.188 e. The van der Waals surface area contributed by atoms with Gasteiger partial charge in [0.05, 0.1) is 28.0 Å². The van der Waals surface area contributed by atoms with Crippen LogP contribution >= 0.6 is 22.9 Å². The highest BCUT2D eigenvalue weighted by Gasteiger charge is 2.08. The predicted octanol–water partition coefficient (Wildman–Crippen LogP) is 5.01. The van der Waals surface area contributed by atoms with Crippen molar-refractivity contribution in [3.63, 3.8) is 0 Å². The fraction of sp³-hybridized carbons (Fsp3) is 0.133. The Bertz CT molecular complexity index is 770. The molecule has 0 aliphatic rings. The van der Waals surface area contributed by atoms with Crippen molar-refractivity contribution in [2.45, 2.75) is 6.92 Å². The van der Waals surface area contributed by atoms with Crippen LogP contribution in [0, 0.1) is 6.92 Å². The average Bonchev–Trinajstić information content (AvgIpc) is 2.85. The number of nitrogens with zero attached hydrogens (tertiary/aromatic N) is 1. The van der Waals surface area contributed by atoms with E-state index in [1.165, 1.54) is 5.56 Å². The predicted molar refractivity (Wildman–Crippen MR) is 85.6 cm³/mol. The molecule has 3 rings (SSSR count). The summed E-state index contributed by atoms with van der Waals surface area (Å²) < 4.78 is 6.37. The van der Waals surface area contributed by atoms with E-state index in [9.17, 15) is 0 Å². The summed E-state index contributed by atoms with van der Waals surface area (Å²) in [6.45, 7) is 2.06. The van der Waals surface area contributed by atoms with E-state index in [0.29, 0.717) is 5.02 Å². The topological polar surface area (TPSA) is 34.1 Å². The number of benzene rings is 2. The summed E-state index contributed by atoms with van der Waals surface area (Å²) in [7, 11) is 1.63. The van der Waals surface area contributed by atoms with Gasteiger partial charge in [0.2, 0.25) is 0 Å². The summed E-state index contributed by atoms with van der Waals surface area (Å²) in [5.41, 5.74) is 2.99. The van der Waals surface area contributed by atoms with Gasteiger partial charge in [0.1, 0.15) is 5.75 Å². The van der Waals surface area contributed by atoms with Gasteiger partial charge >= 0.3 is 0 Å². The number of rotatable bonds is 3. The molecule has 1 heterocycles. The highest BCUT2D eigenvalue weighted by molar-refractivity contribution is 7.22. The zero-order valence-electron chi connectivity index (χ0n) is 11.1. The molecule has 0 saturated heterocycles. The molecule has 3 aromatic rings. The average molecular weight is 305 g/mol.